The number of thioether (sulfide) groups is 1. The number of rotatable bonds is 12. The molecule has 1 aromatic heterocycles. The van der Waals surface area contributed by atoms with Crippen LogP contribution in [0.3, 0.4) is 0 Å². The van der Waals surface area contributed by atoms with Crippen LogP contribution in [0.25, 0.3) is 10.2 Å². The minimum Gasteiger partial charge on any atom is -0.490 e. The van der Waals surface area contributed by atoms with E-state index in [0.29, 0.717) is 19.0 Å². The quantitative estimate of drug-likeness (QED) is 0.168. The first-order chi connectivity index (χ1) is 15.2. The Morgan fingerprint density at radius 2 is 2.03 bits per heavy atom. The Morgan fingerprint density at radius 3 is 2.84 bits per heavy atom. The van der Waals surface area contributed by atoms with Gasteiger partial charge in [0.05, 0.1) is 35.4 Å². The Morgan fingerprint density at radius 1 is 1.16 bits per heavy atom. The van der Waals surface area contributed by atoms with Gasteiger partial charge in [-0.1, -0.05) is 43.7 Å². The van der Waals surface area contributed by atoms with Crippen molar-refractivity contribution in [2.45, 2.75) is 37.4 Å². The normalized spacial score (nSPS) is 11.2. The van der Waals surface area contributed by atoms with E-state index < -0.39 is 0 Å². The molecule has 0 bridgehead atoms. The van der Waals surface area contributed by atoms with Crippen LogP contribution in [-0.4, -0.2) is 36.1 Å². The van der Waals surface area contributed by atoms with Gasteiger partial charge in [-0.3, -0.25) is 4.79 Å². The van der Waals surface area contributed by atoms with Gasteiger partial charge in [-0.05, 0) is 49.2 Å². The number of aromatic nitrogens is 1. The van der Waals surface area contributed by atoms with Crippen LogP contribution in [0.2, 0.25) is 0 Å². The molecular weight excluding hydrogens is 430 g/mol. The van der Waals surface area contributed by atoms with Gasteiger partial charge in [0, 0.05) is 0 Å². The maximum absolute atomic E-state index is 12.1. The van der Waals surface area contributed by atoms with Crippen LogP contribution in [0.4, 0.5) is 0 Å². The highest BCUT2D eigenvalue weighted by Gasteiger charge is 2.08. The fourth-order valence-electron chi connectivity index (χ4n) is 2.78. The van der Waals surface area contributed by atoms with Gasteiger partial charge in [0.15, 0.2) is 15.8 Å². The summed E-state index contributed by atoms with van der Waals surface area (Å²) in [6, 6.07) is 13.6. The van der Waals surface area contributed by atoms with E-state index in [1.165, 1.54) is 11.8 Å². The number of carbonyl (C=O) groups excluding carboxylic acids is 1. The Labute approximate surface area is 191 Å². The summed E-state index contributed by atoms with van der Waals surface area (Å²) in [5, 5.41) is 4.06. The van der Waals surface area contributed by atoms with E-state index in [0.717, 1.165) is 45.1 Å². The molecule has 0 unspecified atom stereocenters. The van der Waals surface area contributed by atoms with Crippen LogP contribution in [0.1, 0.15) is 38.7 Å². The average Bonchev–Trinajstić information content (AvgIpc) is 3.20. The van der Waals surface area contributed by atoms with E-state index in [9.17, 15) is 4.79 Å². The summed E-state index contributed by atoms with van der Waals surface area (Å²) in [6.07, 6.45) is 4.92. The zero-order valence-corrected chi connectivity index (χ0v) is 19.4. The molecule has 164 valence electrons. The summed E-state index contributed by atoms with van der Waals surface area (Å²) in [5.41, 5.74) is 4.34. The molecular formula is C23H27N3O3S2. The smallest absolute Gasteiger partial charge is 0.250 e. The molecule has 0 aliphatic heterocycles. The number of fused-ring (bicyclic) bond motifs is 1. The number of para-hydroxylation sites is 1. The summed E-state index contributed by atoms with van der Waals surface area (Å²) in [4.78, 5) is 16.6. The predicted molar refractivity (Wildman–Crippen MR) is 129 cm³/mol. The molecule has 1 amide bonds. The summed E-state index contributed by atoms with van der Waals surface area (Å²) < 4.78 is 13.5. The standard InChI is InChI=1S/C23H27N3O3S2/c1-3-5-8-13-29-19-12-11-17(14-20(19)28-4-2)15-24-26-22(27)16-30-23-25-18-9-6-7-10-21(18)31-23/h6-7,9-12,14-15H,3-5,8,13,16H2,1-2H3,(H,26,27)/b24-15-. The number of benzene rings is 2. The third-order valence-electron chi connectivity index (χ3n) is 4.28. The highest BCUT2D eigenvalue weighted by Crippen LogP contribution is 2.29. The number of hydrogen-bond acceptors (Lipinski definition) is 7. The van der Waals surface area contributed by atoms with Crippen molar-refractivity contribution in [2.75, 3.05) is 19.0 Å². The van der Waals surface area contributed by atoms with Crippen molar-refractivity contribution < 1.29 is 14.3 Å². The summed E-state index contributed by atoms with van der Waals surface area (Å²) >= 11 is 2.99. The van der Waals surface area contributed by atoms with Crippen molar-refractivity contribution in [3.8, 4) is 11.5 Å². The lowest BCUT2D eigenvalue weighted by Gasteiger charge is -2.12. The van der Waals surface area contributed by atoms with Gasteiger partial charge in [-0.2, -0.15) is 5.10 Å². The molecule has 0 aliphatic carbocycles. The first-order valence-corrected chi connectivity index (χ1v) is 12.2. The van der Waals surface area contributed by atoms with Gasteiger partial charge in [-0.15, -0.1) is 11.3 Å². The van der Waals surface area contributed by atoms with Gasteiger partial charge in [0.1, 0.15) is 0 Å². The highest BCUT2D eigenvalue weighted by atomic mass is 32.2. The summed E-state index contributed by atoms with van der Waals surface area (Å²) in [6.45, 7) is 5.32. The van der Waals surface area contributed by atoms with Gasteiger partial charge >= 0.3 is 0 Å². The molecule has 1 N–H and O–H groups in total. The first kappa shape index (κ1) is 23.1. The predicted octanol–water partition coefficient (Wildman–Crippen LogP) is 5.51. The molecule has 6 nitrogen and oxygen atoms in total. The molecule has 0 spiro atoms. The van der Waals surface area contributed by atoms with Crippen molar-refractivity contribution >= 4 is 45.4 Å². The lowest BCUT2D eigenvalue weighted by molar-refractivity contribution is -0.118. The minimum absolute atomic E-state index is 0.179. The maximum atomic E-state index is 12.1. The summed E-state index contributed by atoms with van der Waals surface area (Å²) in [7, 11) is 0. The maximum Gasteiger partial charge on any atom is 0.250 e. The van der Waals surface area contributed by atoms with E-state index in [2.05, 4.69) is 22.4 Å². The van der Waals surface area contributed by atoms with E-state index in [1.54, 1.807) is 17.6 Å². The second-order valence-electron chi connectivity index (χ2n) is 6.72. The van der Waals surface area contributed by atoms with Crippen LogP contribution in [0.5, 0.6) is 11.5 Å². The van der Waals surface area contributed by atoms with E-state index >= 15 is 0 Å². The number of ether oxygens (including phenoxy) is 2. The largest absolute Gasteiger partial charge is 0.490 e. The van der Waals surface area contributed by atoms with Crippen molar-refractivity contribution in [3.63, 3.8) is 0 Å². The van der Waals surface area contributed by atoms with E-state index in [1.807, 2.05) is 49.4 Å². The highest BCUT2D eigenvalue weighted by molar-refractivity contribution is 8.01. The second-order valence-corrected chi connectivity index (χ2v) is 8.98. The number of unbranched alkanes of at least 4 members (excludes halogenated alkanes) is 2. The number of hydrogen-bond donors (Lipinski definition) is 1. The first-order valence-electron chi connectivity index (χ1n) is 10.4. The monoisotopic (exact) mass is 457 g/mol. The average molecular weight is 458 g/mol. The number of carbonyl (C=O) groups is 1. The van der Waals surface area contributed by atoms with E-state index in [4.69, 9.17) is 9.47 Å². The molecule has 0 saturated heterocycles. The number of nitrogens with one attached hydrogen (secondary N) is 1. The summed E-state index contributed by atoms with van der Waals surface area (Å²) in [5.74, 6) is 1.49. The minimum atomic E-state index is -0.179. The van der Waals surface area contributed by atoms with Gasteiger partial charge in [0.25, 0.3) is 5.91 Å². The van der Waals surface area contributed by atoms with Crippen molar-refractivity contribution in [1.82, 2.24) is 10.4 Å². The Hall–Kier alpha value is -2.58. The molecule has 3 aromatic rings. The Kier molecular flexibility index (Phi) is 9.17. The zero-order chi connectivity index (χ0) is 21.9. The lowest BCUT2D eigenvalue weighted by atomic mass is 10.2. The SMILES string of the molecule is CCCCCOc1ccc(/C=N\NC(=O)CSc2nc3ccccc3s2)cc1OCC. The Balaban J connectivity index is 1.50. The molecule has 8 heteroatoms. The van der Waals surface area contributed by atoms with Gasteiger partial charge < -0.3 is 9.47 Å². The van der Waals surface area contributed by atoms with Crippen molar-refractivity contribution in [2.24, 2.45) is 5.10 Å². The van der Waals surface area contributed by atoms with Gasteiger partial charge in [-0.25, -0.2) is 10.4 Å². The Bertz CT molecular complexity index is 987. The number of hydrazone groups is 1. The third-order valence-corrected chi connectivity index (χ3v) is 6.46. The topological polar surface area (TPSA) is 72.8 Å². The van der Waals surface area contributed by atoms with Crippen LogP contribution in [0, 0.1) is 0 Å². The number of nitrogens with zero attached hydrogens (tertiary/aromatic N) is 2. The van der Waals surface area contributed by atoms with Crippen LogP contribution in [0.15, 0.2) is 51.9 Å². The van der Waals surface area contributed by atoms with E-state index in [-0.39, 0.29) is 11.7 Å². The molecule has 0 fully saturated rings. The fourth-order valence-corrected chi connectivity index (χ4v) is 4.64. The molecule has 0 aliphatic rings. The second kappa shape index (κ2) is 12.3. The zero-order valence-electron chi connectivity index (χ0n) is 17.8. The molecule has 31 heavy (non-hydrogen) atoms. The van der Waals surface area contributed by atoms with Crippen LogP contribution < -0.4 is 14.9 Å². The molecule has 1 heterocycles. The molecule has 3 rings (SSSR count). The molecule has 0 radical (unpaired) electrons. The molecule has 0 atom stereocenters. The van der Waals surface area contributed by atoms with Crippen molar-refractivity contribution in [3.05, 3.63) is 48.0 Å². The van der Waals surface area contributed by atoms with Crippen molar-refractivity contribution in [1.29, 1.82) is 0 Å². The number of thiazole rings is 1. The van der Waals surface area contributed by atoms with Crippen LogP contribution >= 0.6 is 23.1 Å². The molecule has 0 saturated carbocycles. The fraction of sp³-hybridized carbons (Fsp3) is 0.348. The van der Waals surface area contributed by atoms with Gasteiger partial charge in [0.2, 0.25) is 0 Å². The van der Waals surface area contributed by atoms with Crippen LogP contribution in [-0.2, 0) is 4.79 Å². The third kappa shape index (κ3) is 7.25. The number of amides is 1. The lowest BCUT2D eigenvalue weighted by Crippen LogP contribution is -2.19. The molecule has 2 aromatic carbocycles.